The minimum absolute atomic E-state index is 0.818. The standard InChI is InChI=1S/C12H16ClN/c1-2-11-4-6-12(7-5-11)10-14-9-3-8-13/h3-8,14H,2,9-10H2,1H3/b8-3+. The summed E-state index contributed by atoms with van der Waals surface area (Å²) < 4.78 is 0. The molecule has 0 aromatic heterocycles. The molecule has 0 bridgehead atoms. The summed E-state index contributed by atoms with van der Waals surface area (Å²) >= 11 is 5.40. The van der Waals surface area contributed by atoms with Crippen molar-refractivity contribution >= 4 is 11.6 Å². The Hall–Kier alpha value is -0.790. The molecule has 76 valence electrons. The molecular formula is C12H16ClN. The molecule has 1 aromatic carbocycles. The van der Waals surface area contributed by atoms with E-state index in [0.29, 0.717) is 0 Å². The summed E-state index contributed by atoms with van der Waals surface area (Å²) in [7, 11) is 0. The molecule has 2 heteroatoms. The Kier molecular flexibility index (Phi) is 5.35. The molecule has 0 fully saturated rings. The third kappa shape index (κ3) is 3.95. The molecule has 0 aliphatic rings. The Bertz CT molecular complexity index is 277. The minimum Gasteiger partial charge on any atom is -0.309 e. The molecule has 0 aliphatic carbocycles. The number of aryl methyl sites for hydroxylation is 1. The zero-order valence-corrected chi connectivity index (χ0v) is 9.22. The van der Waals surface area contributed by atoms with E-state index >= 15 is 0 Å². The van der Waals surface area contributed by atoms with Crippen molar-refractivity contribution < 1.29 is 0 Å². The van der Waals surface area contributed by atoms with Gasteiger partial charge in [0.15, 0.2) is 0 Å². The number of hydrogen-bond acceptors (Lipinski definition) is 1. The zero-order chi connectivity index (χ0) is 10.2. The van der Waals surface area contributed by atoms with Crippen LogP contribution in [-0.2, 0) is 13.0 Å². The second-order valence-electron chi connectivity index (χ2n) is 3.16. The number of nitrogens with one attached hydrogen (secondary N) is 1. The van der Waals surface area contributed by atoms with Crippen LogP contribution in [0.25, 0.3) is 0 Å². The summed E-state index contributed by atoms with van der Waals surface area (Å²) in [5.74, 6) is 0. The third-order valence-electron chi connectivity index (χ3n) is 2.11. The second-order valence-corrected chi connectivity index (χ2v) is 3.41. The van der Waals surface area contributed by atoms with Gasteiger partial charge in [0.25, 0.3) is 0 Å². The van der Waals surface area contributed by atoms with Crippen LogP contribution in [0.1, 0.15) is 18.1 Å². The van der Waals surface area contributed by atoms with Crippen LogP contribution in [0, 0.1) is 0 Å². The molecule has 0 radical (unpaired) electrons. The van der Waals surface area contributed by atoms with Crippen molar-refractivity contribution in [2.45, 2.75) is 19.9 Å². The Balaban J connectivity index is 2.36. The van der Waals surface area contributed by atoms with Crippen molar-refractivity contribution in [2.24, 2.45) is 0 Å². The molecule has 14 heavy (non-hydrogen) atoms. The van der Waals surface area contributed by atoms with E-state index in [1.807, 2.05) is 6.08 Å². The van der Waals surface area contributed by atoms with Gasteiger partial charge in [-0.15, -0.1) is 0 Å². The molecule has 0 atom stereocenters. The predicted octanol–water partition coefficient (Wildman–Crippen LogP) is 3.09. The van der Waals surface area contributed by atoms with Gasteiger partial charge in [-0.25, -0.2) is 0 Å². The van der Waals surface area contributed by atoms with Gasteiger partial charge in [0.05, 0.1) is 0 Å². The summed E-state index contributed by atoms with van der Waals surface area (Å²) in [4.78, 5) is 0. The number of halogens is 1. The SMILES string of the molecule is CCc1ccc(CNC/C=C/Cl)cc1. The van der Waals surface area contributed by atoms with Crippen LogP contribution in [0.4, 0.5) is 0 Å². The fourth-order valence-corrected chi connectivity index (χ4v) is 1.33. The highest BCUT2D eigenvalue weighted by molar-refractivity contribution is 6.25. The average molecular weight is 210 g/mol. The summed E-state index contributed by atoms with van der Waals surface area (Å²) in [6, 6.07) is 8.68. The first-order chi connectivity index (χ1) is 6.86. The molecule has 0 unspecified atom stereocenters. The maximum Gasteiger partial charge on any atom is 0.0208 e. The monoisotopic (exact) mass is 209 g/mol. The maximum atomic E-state index is 5.40. The van der Waals surface area contributed by atoms with Crippen LogP contribution in [0.2, 0.25) is 0 Å². The van der Waals surface area contributed by atoms with Gasteiger partial charge in [-0.2, -0.15) is 0 Å². The number of rotatable bonds is 5. The predicted molar refractivity (Wildman–Crippen MR) is 62.5 cm³/mol. The maximum absolute atomic E-state index is 5.40. The Morgan fingerprint density at radius 2 is 1.86 bits per heavy atom. The lowest BCUT2D eigenvalue weighted by Crippen LogP contribution is -2.12. The van der Waals surface area contributed by atoms with E-state index in [0.717, 1.165) is 19.5 Å². The van der Waals surface area contributed by atoms with E-state index in [-0.39, 0.29) is 0 Å². The second kappa shape index (κ2) is 6.63. The Labute approximate surface area is 90.8 Å². The molecule has 1 aromatic rings. The molecule has 0 spiro atoms. The summed E-state index contributed by atoms with van der Waals surface area (Å²) in [5, 5.41) is 3.27. The first kappa shape index (κ1) is 11.3. The summed E-state index contributed by atoms with van der Waals surface area (Å²) in [6.45, 7) is 3.88. The lowest BCUT2D eigenvalue weighted by atomic mass is 10.1. The highest BCUT2D eigenvalue weighted by Gasteiger charge is 1.91. The zero-order valence-electron chi connectivity index (χ0n) is 8.46. The van der Waals surface area contributed by atoms with Gasteiger partial charge >= 0.3 is 0 Å². The lowest BCUT2D eigenvalue weighted by Gasteiger charge is -2.03. The smallest absolute Gasteiger partial charge is 0.0208 e. The molecule has 1 N–H and O–H groups in total. The first-order valence-corrected chi connectivity index (χ1v) is 5.34. The van der Waals surface area contributed by atoms with E-state index in [2.05, 4.69) is 36.5 Å². The topological polar surface area (TPSA) is 12.0 Å². The highest BCUT2D eigenvalue weighted by atomic mass is 35.5. The van der Waals surface area contributed by atoms with Gasteiger partial charge in [-0.1, -0.05) is 48.9 Å². The fourth-order valence-electron chi connectivity index (χ4n) is 1.24. The minimum atomic E-state index is 0.818. The number of benzene rings is 1. The number of hydrogen-bond donors (Lipinski definition) is 1. The van der Waals surface area contributed by atoms with E-state index in [1.54, 1.807) is 0 Å². The Morgan fingerprint density at radius 1 is 1.21 bits per heavy atom. The van der Waals surface area contributed by atoms with Gasteiger partial charge in [0.2, 0.25) is 0 Å². The summed E-state index contributed by atoms with van der Waals surface area (Å²) in [6.07, 6.45) is 2.99. The molecule has 0 saturated carbocycles. The van der Waals surface area contributed by atoms with Gasteiger partial charge in [-0.3, -0.25) is 0 Å². The van der Waals surface area contributed by atoms with Crippen LogP contribution in [0.3, 0.4) is 0 Å². The fraction of sp³-hybridized carbons (Fsp3) is 0.333. The van der Waals surface area contributed by atoms with Crippen molar-refractivity contribution in [2.75, 3.05) is 6.54 Å². The van der Waals surface area contributed by atoms with Gasteiger partial charge < -0.3 is 5.32 Å². The highest BCUT2D eigenvalue weighted by Crippen LogP contribution is 2.04. The molecule has 1 rings (SSSR count). The van der Waals surface area contributed by atoms with E-state index in [4.69, 9.17) is 11.6 Å². The molecule has 1 nitrogen and oxygen atoms in total. The van der Waals surface area contributed by atoms with E-state index in [9.17, 15) is 0 Å². The van der Waals surface area contributed by atoms with Crippen LogP contribution in [-0.4, -0.2) is 6.54 Å². The Morgan fingerprint density at radius 3 is 2.43 bits per heavy atom. The lowest BCUT2D eigenvalue weighted by molar-refractivity contribution is 0.760. The van der Waals surface area contributed by atoms with Crippen molar-refractivity contribution in [1.29, 1.82) is 0 Å². The molecular weight excluding hydrogens is 194 g/mol. The van der Waals surface area contributed by atoms with E-state index in [1.165, 1.54) is 16.7 Å². The molecule has 0 heterocycles. The first-order valence-electron chi connectivity index (χ1n) is 4.90. The summed E-state index contributed by atoms with van der Waals surface area (Å²) in [5.41, 5.74) is 4.23. The van der Waals surface area contributed by atoms with Crippen LogP contribution in [0.15, 0.2) is 35.9 Å². The van der Waals surface area contributed by atoms with Crippen molar-refractivity contribution in [1.82, 2.24) is 5.32 Å². The molecule has 0 aliphatic heterocycles. The van der Waals surface area contributed by atoms with E-state index < -0.39 is 0 Å². The van der Waals surface area contributed by atoms with Crippen molar-refractivity contribution in [3.05, 3.63) is 47.0 Å². The average Bonchev–Trinajstić information content (AvgIpc) is 2.25. The van der Waals surface area contributed by atoms with Gasteiger partial charge in [-0.05, 0) is 17.5 Å². The van der Waals surface area contributed by atoms with Crippen LogP contribution in [0.5, 0.6) is 0 Å². The van der Waals surface area contributed by atoms with Crippen molar-refractivity contribution in [3.8, 4) is 0 Å². The largest absolute Gasteiger partial charge is 0.309 e. The van der Waals surface area contributed by atoms with Gasteiger partial charge in [0, 0.05) is 18.6 Å². The normalized spacial score (nSPS) is 11.0. The molecule has 0 saturated heterocycles. The molecule has 0 amide bonds. The van der Waals surface area contributed by atoms with Gasteiger partial charge in [0.1, 0.15) is 0 Å². The third-order valence-corrected chi connectivity index (χ3v) is 2.29. The van der Waals surface area contributed by atoms with Crippen molar-refractivity contribution in [3.63, 3.8) is 0 Å². The van der Waals surface area contributed by atoms with Crippen LogP contribution < -0.4 is 5.32 Å². The van der Waals surface area contributed by atoms with Crippen LogP contribution >= 0.6 is 11.6 Å². The quantitative estimate of drug-likeness (QED) is 0.735.